The first kappa shape index (κ1) is 16.4. The third kappa shape index (κ3) is 3.92. The number of hydrogen-bond acceptors (Lipinski definition) is 4. The van der Waals surface area contributed by atoms with Gasteiger partial charge in [-0.3, -0.25) is 0 Å². The molecule has 2 rings (SSSR count). The monoisotopic (exact) mass is 297 g/mol. The number of methoxy groups -OCH3 is 1. The van der Waals surface area contributed by atoms with Crippen LogP contribution in [0.3, 0.4) is 0 Å². The third-order valence-electron chi connectivity index (χ3n) is 3.04. The maximum Gasteiger partial charge on any atom is 0.160 e. The smallest absolute Gasteiger partial charge is 0.160 e. The highest BCUT2D eigenvalue weighted by atomic mass is 35.5. The van der Waals surface area contributed by atoms with Crippen molar-refractivity contribution >= 4 is 12.4 Å². The predicted molar refractivity (Wildman–Crippen MR) is 80.6 cm³/mol. The van der Waals surface area contributed by atoms with Gasteiger partial charge in [0.2, 0.25) is 0 Å². The van der Waals surface area contributed by atoms with Gasteiger partial charge < -0.3 is 19.6 Å². The molecule has 1 atom stereocenters. The van der Waals surface area contributed by atoms with E-state index in [9.17, 15) is 5.11 Å². The van der Waals surface area contributed by atoms with E-state index in [1.165, 1.54) is 7.11 Å². The predicted octanol–water partition coefficient (Wildman–Crippen LogP) is 3.57. The Bertz CT molecular complexity index is 554. The number of hydrogen-bond donors (Lipinski definition) is 2. The molecule has 1 unspecified atom stereocenters. The van der Waals surface area contributed by atoms with Crippen molar-refractivity contribution < 1.29 is 14.3 Å². The van der Waals surface area contributed by atoms with Crippen LogP contribution in [0.4, 0.5) is 0 Å². The molecule has 0 aliphatic heterocycles. The molecular formula is C15H20ClNO3. The van der Waals surface area contributed by atoms with Crippen molar-refractivity contribution in [1.29, 1.82) is 0 Å². The Hall–Kier alpha value is -1.65. The fourth-order valence-electron chi connectivity index (χ4n) is 1.90. The molecule has 1 aromatic carbocycles. The van der Waals surface area contributed by atoms with Crippen molar-refractivity contribution in [2.45, 2.75) is 26.4 Å². The van der Waals surface area contributed by atoms with Crippen LogP contribution in [0.5, 0.6) is 11.5 Å². The average Bonchev–Trinajstić information content (AvgIpc) is 2.83. The molecule has 1 aromatic heterocycles. The molecule has 0 bridgehead atoms. The zero-order valence-corrected chi connectivity index (χ0v) is 12.7. The average molecular weight is 298 g/mol. The molecule has 0 aliphatic carbocycles. The molecule has 0 radical (unpaired) electrons. The molecule has 0 saturated heterocycles. The molecule has 0 fully saturated rings. The van der Waals surface area contributed by atoms with Crippen molar-refractivity contribution in [2.24, 2.45) is 0 Å². The zero-order valence-electron chi connectivity index (χ0n) is 11.8. The first-order valence-corrected chi connectivity index (χ1v) is 6.25. The minimum atomic E-state index is 0. The summed E-state index contributed by atoms with van der Waals surface area (Å²) in [6.07, 6.45) is 0. The summed E-state index contributed by atoms with van der Waals surface area (Å²) in [6.45, 7) is 4.62. The van der Waals surface area contributed by atoms with Gasteiger partial charge in [-0.2, -0.15) is 0 Å². The van der Waals surface area contributed by atoms with Crippen molar-refractivity contribution in [2.75, 3.05) is 7.11 Å². The van der Waals surface area contributed by atoms with Gasteiger partial charge in [-0.15, -0.1) is 12.4 Å². The number of nitrogens with one attached hydrogen (secondary N) is 1. The first-order chi connectivity index (χ1) is 9.10. The third-order valence-corrected chi connectivity index (χ3v) is 3.04. The van der Waals surface area contributed by atoms with E-state index >= 15 is 0 Å². The molecular weight excluding hydrogens is 278 g/mol. The van der Waals surface area contributed by atoms with Crippen molar-refractivity contribution in [3.05, 3.63) is 47.4 Å². The highest BCUT2D eigenvalue weighted by Gasteiger charge is 2.09. The molecule has 110 valence electrons. The number of ether oxygens (including phenoxy) is 1. The Morgan fingerprint density at radius 3 is 2.60 bits per heavy atom. The van der Waals surface area contributed by atoms with Crippen LogP contribution in [0.25, 0.3) is 0 Å². The Labute approximate surface area is 125 Å². The van der Waals surface area contributed by atoms with Crippen molar-refractivity contribution in [3.63, 3.8) is 0 Å². The minimum absolute atomic E-state index is 0. The molecule has 5 heteroatoms. The Kier molecular flexibility index (Phi) is 5.92. The first-order valence-electron chi connectivity index (χ1n) is 6.25. The fraction of sp³-hybridized carbons (Fsp3) is 0.333. The van der Waals surface area contributed by atoms with E-state index in [0.717, 1.165) is 17.1 Å². The largest absolute Gasteiger partial charge is 0.504 e. The van der Waals surface area contributed by atoms with E-state index in [2.05, 4.69) is 5.32 Å². The SMILES string of the molecule is COc1ccc(CNC(C)c2ccc(C)o2)cc1O.Cl. The molecule has 2 aromatic rings. The number of phenolic OH excluding ortho intramolecular Hbond substituents is 1. The highest BCUT2D eigenvalue weighted by Crippen LogP contribution is 2.26. The van der Waals surface area contributed by atoms with Gasteiger partial charge in [0.15, 0.2) is 11.5 Å². The van der Waals surface area contributed by atoms with Crippen LogP contribution in [0.1, 0.15) is 30.0 Å². The second-order valence-electron chi connectivity index (χ2n) is 4.56. The fourth-order valence-corrected chi connectivity index (χ4v) is 1.90. The van der Waals surface area contributed by atoms with E-state index in [1.54, 1.807) is 12.1 Å². The van der Waals surface area contributed by atoms with Crippen LogP contribution in [0, 0.1) is 6.92 Å². The molecule has 0 spiro atoms. The maximum absolute atomic E-state index is 9.71. The summed E-state index contributed by atoms with van der Waals surface area (Å²) in [5, 5.41) is 13.1. The van der Waals surface area contributed by atoms with Gasteiger partial charge in [0.05, 0.1) is 13.2 Å². The zero-order chi connectivity index (χ0) is 13.8. The number of rotatable bonds is 5. The van der Waals surface area contributed by atoms with Gasteiger partial charge >= 0.3 is 0 Å². The normalized spacial score (nSPS) is 11.8. The summed E-state index contributed by atoms with van der Waals surface area (Å²) in [5.74, 6) is 2.46. The van der Waals surface area contributed by atoms with Crippen molar-refractivity contribution in [1.82, 2.24) is 5.32 Å². The lowest BCUT2D eigenvalue weighted by molar-refractivity contribution is 0.372. The lowest BCUT2D eigenvalue weighted by Gasteiger charge is -2.12. The van der Waals surface area contributed by atoms with Crippen LogP contribution >= 0.6 is 12.4 Å². The second-order valence-corrected chi connectivity index (χ2v) is 4.56. The number of furan rings is 1. The molecule has 0 aliphatic rings. The van der Waals surface area contributed by atoms with E-state index < -0.39 is 0 Å². The maximum atomic E-state index is 9.71. The van der Waals surface area contributed by atoms with Crippen LogP contribution in [-0.4, -0.2) is 12.2 Å². The van der Waals surface area contributed by atoms with Gasteiger partial charge in [-0.25, -0.2) is 0 Å². The van der Waals surface area contributed by atoms with Crippen molar-refractivity contribution in [3.8, 4) is 11.5 Å². The van der Waals surface area contributed by atoms with E-state index in [0.29, 0.717) is 12.3 Å². The van der Waals surface area contributed by atoms with Gasteiger partial charge in [0.25, 0.3) is 0 Å². The van der Waals surface area contributed by atoms with Crippen LogP contribution in [0.2, 0.25) is 0 Å². The minimum Gasteiger partial charge on any atom is -0.504 e. The Morgan fingerprint density at radius 2 is 2.05 bits per heavy atom. The number of halogens is 1. The number of phenols is 1. The standard InChI is InChI=1S/C15H19NO3.ClH/c1-10-4-6-14(19-10)11(2)16-9-12-5-7-15(18-3)13(17)8-12;/h4-8,11,16-17H,9H2,1-3H3;1H. The molecule has 0 amide bonds. The Morgan fingerprint density at radius 1 is 1.30 bits per heavy atom. The summed E-state index contributed by atoms with van der Waals surface area (Å²) >= 11 is 0. The number of aryl methyl sites for hydroxylation is 1. The Balaban J connectivity index is 0.00000200. The summed E-state index contributed by atoms with van der Waals surface area (Å²) < 4.78 is 10.6. The van der Waals surface area contributed by atoms with Crippen LogP contribution in [0.15, 0.2) is 34.7 Å². The van der Waals surface area contributed by atoms with E-state index in [4.69, 9.17) is 9.15 Å². The van der Waals surface area contributed by atoms with Gasteiger partial charge in [0.1, 0.15) is 11.5 Å². The summed E-state index contributed by atoms with van der Waals surface area (Å²) in [4.78, 5) is 0. The van der Waals surface area contributed by atoms with Gasteiger partial charge in [0, 0.05) is 6.54 Å². The molecule has 4 nitrogen and oxygen atoms in total. The summed E-state index contributed by atoms with van der Waals surface area (Å²) in [7, 11) is 1.54. The molecule has 0 saturated carbocycles. The summed E-state index contributed by atoms with van der Waals surface area (Å²) in [5.41, 5.74) is 0.994. The number of aromatic hydroxyl groups is 1. The van der Waals surface area contributed by atoms with Crippen LogP contribution < -0.4 is 10.1 Å². The van der Waals surface area contributed by atoms with E-state index in [1.807, 2.05) is 32.0 Å². The molecule has 2 N–H and O–H groups in total. The van der Waals surface area contributed by atoms with E-state index in [-0.39, 0.29) is 24.2 Å². The van der Waals surface area contributed by atoms with Gasteiger partial charge in [-0.1, -0.05) is 6.07 Å². The number of benzene rings is 1. The van der Waals surface area contributed by atoms with Crippen LogP contribution in [-0.2, 0) is 6.54 Å². The highest BCUT2D eigenvalue weighted by molar-refractivity contribution is 5.85. The lowest BCUT2D eigenvalue weighted by Crippen LogP contribution is -2.17. The topological polar surface area (TPSA) is 54.6 Å². The summed E-state index contributed by atoms with van der Waals surface area (Å²) in [6, 6.07) is 9.43. The molecule has 1 heterocycles. The lowest BCUT2D eigenvalue weighted by atomic mass is 10.2. The van der Waals surface area contributed by atoms with Gasteiger partial charge in [-0.05, 0) is 43.7 Å². The quantitative estimate of drug-likeness (QED) is 0.886. The second kappa shape index (κ2) is 7.22. The molecule has 20 heavy (non-hydrogen) atoms.